The van der Waals surface area contributed by atoms with E-state index in [1.807, 2.05) is 24.3 Å². The third kappa shape index (κ3) is 0.942. The molecule has 0 amide bonds. The zero-order valence-electron chi connectivity index (χ0n) is 6.13. The molecular weight excluding hydrogens is 141 g/mol. The number of benzene rings is 1. The Morgan fingerprint density at radius 2 is 2.09 bits per heavy atom. The standard InChI is InChI=1S/C9H10FN/c10-8-5-6-3-1-2-4-7(6)9(8)11/h1-4,8-9H,5,11H2. The molecule has 1 aromatic rings. The van der Waals surface area contributed by atoms with E-state index in [9.17, 15) is 4.39 Å². The second-order valence-corrected chi connectivity index (χ2v) is 2.94. The average Bonchev–Trinajstić information content (AvgIpc) is 2.30. The minimum Gasteiger partial charge on any atom is -0.322 e. The van der Waals surface area contributed by atoms with Crippen LogP contribution in [0.2, 0.25) is 0 Å². The van der Waals surface area contributed by atoms with Crippen LogP contribution in [0.1, 0.15) is 17.2 Å². The van der Waals surface area contributed by atoms with Gasteiger partial charge in [-0.2, -0.15) is 0 Å². The van der Waals surface area contributed by atoms with Crippen molar-refractivity contribution in [3.05, 3.63) is 35.4 Å². The van der Waals surface area contributed by atoms with Crippen LogP contribution in [0.5, 0.6) is 0 Å². The SMILES string of the molecule is NC1c2ccccc2CC1F. The van der Waals surface area contributed by atoms with Crippen LogP contribution in [0.4, 0.5) is 4.39 Å². The van der Waals surface area contributed by atoms with Gasteiger partial charge in [-0.3, -0.25) is 0 Å². The molecule has 2 rings (SSSR count). The van der Waals surface area contributed by atoms with Gasteiger partial charge in [0.25, 0.3) is 0 Å². The second kappa shape index (κ2) is 2.31. The van der Waals surface area contributed by atoms with Gasteiger partial charge in [0.1, 0.15) is 6.17 Å². The number of nitrogens with two attached hydrogens (primary N) is 1. The van der Waals surface area contributed by atoms with Crippen molar-refractivity contribution in [1.29, 1.82) is 0 Å². The van der Waals surface area contributed by atoms with E-state index in [0.29, 0.717) is 6.42 Å². The fourth-order valence-corrected chi connectivity index (χ4v) is 1.58. The van der Waals surface area contributed by atoms with E-state index in [4.69, 9.17) is 5.73 Å². The van der Waals surface area contributed by atoms with Crippen molar-refractivity contribution in [2.75, 3.05) is 0 Å². The van der Waals surface area contributed by atoms with Crippen LogP contribution >= 0.6 is 0 Å². The number of fused-ring (bicyclic) bond motifs is 1. The largest absolute Gasteiger partial charge is 0.322 e. The topological polar surface area (TPSA) is 26.0 Å². The lowest BCUT2D eigenvalue weighted by molar-refractivity contribution is 0.303. The van der Waals surface area contributed by atoms with Gasteiger partial charge >= 0.3 is 0 Å². The lowest BCUT2D eigenvalue weighted by atomic mass is 10.1. The predicted octanol–water partition coefficient (Wildman–Crippen LogP) is 1.58. The van der Waals surface area contributed by atoms with Gasteiger partial charge in [0.2, 0.25) is 0 Å². The zero-order chi connectivity index (χ0) is 7.84. The molecule has 1 aliphatic carbocycles. The molecule has 2 atom stereocenters. The summed E-state index contributed by atoms with van der Waals surface area (Å²) >= 11 is 0. The molecule has 0 saturated carbocycles. The van der Waals surface area contributed by atoms with E-state index in [1.165, 1.54) is 0 Å². The summed E-state index contributed by atoms with van der Waals surface area (Å²) in [6.07, 6.45) is -0.399. The summed E-state index contributed by atoms with van der Waals surface area (Å²) in [6, 6.07) is 7.26. The molecule has 11 heavy (non-hydrogen) atoms. The molecule has 0 aromatic heterocycles. The number of alkyl halides is 1. The first-order chi connectivity index (χ1) is 5.29. The van der Waals surface area contributed by atoms with Crippen molar-refractivity contribution < 1.29 is 4.39 Å². The fraction of sp³-hybridized carbons (Fsp3) is 0.333. The van der Waals surface area contributed by atoms with Gasteiger partial charge in [-0.25, -0.2) is 4.39 Å². The first-order valence-corrected chi connectivity index (χ1v) is 3.76. The Kier molecular flexibility index (Phi) is 1.43. The summed E-state index contributed by atoms with van der Waals surface area (Å²) in [7, 11) is 0. The molecule has 0 radical (unpaired) electrons. The summed E-state index contributed by atoms with van der Waals surface area (Å²) in [5.74, 6) is 0. The highest BCUT2D eigenvalue weighted by Crippen LogP contribution is 2.30. The minimum absolute atomic E-state index is 0.397. The minimum atomic E-state index is -0.882. The van der Waals surface area contributed by atoms with Gasteiger partial charge in [0.05, 0.1) is 6.04 Å². The Morgan fingerprint density at radius 3 is 2.82 bits per heavy atom. The van der Waals surface area contributed by atoms with E-state index < -0.39 is 12.2 Å². The van der Waals surface area contributed by atoms with E-state index >= 15 is 0 Å². The quantitative estimate of drug-likeness (QED) is 0.598. The van der Waals surface area contributed by atoms with E-state index in [1.54, 1.807) is 0 Å². The highest BCUT2D eigenvalue weighted by molar-refractivity contribution is 5.35. The smallest absolute Gasteiger partial charge is 0.123 e. The molecule has 0 spiro atoms. The molecule has 58 valence electrons. The Morgan fingerprint density at radius 1 is 1.36 bits per heavy atom. The van der Waals surface area contributed by atoms with Gasteiger partial charge in [0, 0.05) is 6.42 Å². The summed E-state index contributed by atoms with van der Waals surface area (Å²) < 4.78 is 13.0. The molecule has 0 bridgehead atoms. The Balaban J connectivity index is 2.47. The zero-order valence-corrected chi connectivity index (χ0v) is 6.13. The maximum absolute atomic E-state index is 13.0. The van der Waals surface area contributed by atoms with E-state index in [-0.39, 0.29) is 0 Å². The van der Waals surface area contributed by atoms with Crippen molar-refractivity contribution in [2.24, 2.45) is 5.73 Å². The summed E-state index contributed by atoms with van der Waals surface area (Å²) in [4.78, 5) is 0. The van der Waals surface area contributed by atoms with Crippen LogP contribution in [0.15, 0.2) is 24.3 Å². The summed E-state index contributed by atoms with van der Waals surface area (Å²) in [5.41, 5.74) is 7.65. The molecule has 1 aliphatic rings. The van der Waals surface area contributed by atoms with Crippen molar-refractivity contribution in [1.82, 2.24) is 0 Å². The highest BCUT2D eigenvalue weighted by Gasteiger charge is 2.28. The molecule has 2 N–H and O–H groups in total. The third-order valence-corrected chi connectivity index (χ3v) is 2.22. The van der Waals surface area contributed by atoms with Crippen LogP contribution in [0.3, 0.4) is 0 Å². The molecule has 1 aromatic carbocycles. The molecule has 0 saturated heterocycles. The van der Waals surface area contributed by atoms with Crippen molar-refractivity contribution in [2.45, 2.75) is 18.6 Å². The van der Waals surface area contributed by atoms with Crippen LogP contribution in [0.25, 0.3) is 0 Å². The molecule has 2 unspecified atom stereocenters. The Labute approximate surface area is 65.0 Å². The van der Waals surface area contributed by atoms with Gasteiger partial charge < -0.3 is 5.73 Å². The molecule has 0 heterocycles. The molecular formula is C9H10FN. The number of hydrogen-bond acceptors (Lipinski definition) is 1. The molecule has 1 nitrogen and oxygen atoms in total. The Bertz CT molecular complexity index is 272. The van der Waals surface area contributed by atoms with E-state index in [2.05, 4.69) is 0 Å². The first-order valence-electron chi connectivity index (χ1n) is 3.76. The lowest BCUT2D eigenvalue weighted by Crippen LogP contribution is -2.17. The second-order valence-electron chi connectivity index (χ2n) is 2.94. The van der Waals surface area contributed by atoms with Gasteiger partial charge in [-0.15, -0.1) is 0 Å². The average molecular weight is 151 g/mol. The van der Waals surface area contributed by atoms with Crippen LogP contribution in [0, 0.1) is 0 Å². The maximum atomic E-state index is 13.0. The highest BCUT2D eigenvalue weighted by atomic mass is 19.1. The monoisotopic (exact) mass is 151 g/mol. The Hall–Kier alpha value is -0.890. The maximum Gasteiger partial charge on any atom is 0.123 e. The lowest BCUT2D eigenvalue weighted by Gasteiger charge is -2.05. The number of rotatable bonds is 0. The summed E-state index contributed by atoms with van der Waals surface area (Å²) in [6.45, 7) is 0. The van der Waals surface area contributed by atoms with Gasteiger partial charge in [0.15, 0.2) is 0 Å². The van der Waals surface area contributed by atoms with Gasteiger partial charge in [-0.05, 0) is 11.1 Å². The number of halogens is 1. The van der Waals surface area contributed by atoms with Crippen LogP contribution in [-0.4, -0.2) is 6.17 Å². The van der Waals surface area contributed by atoms with Crippen molar-refractivity contribution >= 4 is 0 Å². The number of hydrogen-bond donors (Lipinski definition) is 1. The fourth-order valence-electron chi connectivity index (χ4n) is 1.58. The van der Waals surface area contributed by atoms with E-state index in [0.717, 1.165) is 11.1 Å². The third-order valence-electron chi connectivity index (χ3n) is 2.22. The van der Waals surface area contributed by atoms with Crippen LogP contribution in [-0.2, 0) is 6.42 Å². The molecule has 0 fully saturated rings. The first kappa shape index (κ1) is 6.80. The summed E-state index contributed by atoms with van der Waals surface area (Å²) in [5, 5.41) is 0. The normalized spacial score (nSPS) is 28.5. The van der Waals surface area contributed by atoms with Crippen molar-refractivity contribution in [3.63, 3.8) is 0 Å². The van der Waals surface area contributed by atoms with Gasteiger partial charge in [-0.1, -0.05) is 24.3 Å². The van der Waals surface area contributed by atoms with Crippen LogP contribution < -0.4 is 5.73 Å². The van der Waals surface area contributed by atoms with Crippen molar-refractivity contribution in [3.8, 4) is 0 Å². The molecule has 0 aliphatic heterocycles. The predicted molar refractivity (Wildman–Crippen MR) is 42.0 cm³/mol. The molecule has 2 heteroatoms.